The standard InChI is InChI=1S/C12H8BrClN2O/c13-10-2-1-7-15-11(10)16-12(17)8-3-5-9(14)6-4-8/h1-7H,(H,15,16,17). The predicted molar refractivity (Wildman–Crippen MR) is 71.3 cm³/mol. The second-order valence-electron chi connectivity index (χ2n) is 3.29. The minimum atomic E-state index is -0.221. The number of hydrogen-bond donors (Lipinski definition) is 1. The smallest absolute Gasteiger partial charge is 0.256 e. The first-order chi connectivity index (χ1) is 8.16. The molecule has 0 atom stereocenters. The number of anilines is 1. The van der Waals surface area contributed by atoms with Gasteiger partial charge in [-0.1, -0.05) is 11.6 Å². The second-order valence-corrected chi connectivity index (χ2v) is 4.59. The lowest BCUT2D eigenvalue weighted by Crippen LogP contribution is -2.13. The van der Waals surface area contributed by atoms with Crippen LogP contribution in [0.5, 0.6) is 0 Å². The average Bonchev–Trinajstić information content (AvgIpc) is 2.33. The fourth-order valence-corrected chi connectivity index (χ4v) is 1.74. The summed E-state index contributed by atoms with van der Waals surface area (Å²) in [5, 5.41) is 3.30. The number of nitrogens with zero attached hydrogens (tertiary/aromatic N) is 1. The lowest BCUT2D eigenvalue weighted by molar-refractivity contribution is 0.102. The first kappa shape index (κ1) is 12.1. The Morgan fingerprint density at radius 3 is 2.59 bits per heavy atom. The SMILES string of the molecule is O=C(Nc1ncccc1Br)c1ccc(Cl)cc1. The van der Waals surface area contributed by atoms with Crippen molar-refractivity contribution < 1.29 is 4.79 Å². The van der Waals surface area contributed by atoms with Crippen molar-refractivity contribution in [3.8, 4) is 0 Å². The summed E-state index contributed by atoms with van der Waals surface area (Å²) >= 11 is 9.06. The third kappa shape index (κ3) is 3.05. The number of benzene rings is 1. The Balaban J connectivity index is 2.17. The number of carbonyl (C=O) groups is 1. The number of carbonyl (C=O) groups excluding carboxylic acids is 1. The van der Waals surface area contributed by atoms with Crippen molar-refractivity contribution in [3.63, 3.8) is 0 Å². The van der Waals surface area contributed by atoms with Gasteiger partial charge in [-0.15, -0.1) is 0 Å². The highest BCUT2D eigenvalue weighted by Crippen LogP contribution is 2.19. The molecule has 0 aliphatic heterocycles. The lowest BCUT2D eigenvalue weighted by atomic mass is 10.2. The van der Waals surface area contributed by atoms with Crippen LogP contribution in [-0.2, 0) is 0 Å². The Labute approximate surface area is 112 Å². The van der Waals surface area contributed by atoms with Crippen LogP contribution in [0.4, 0.5) is 5.82 Å². The number of amides is 1. The van der Waals surface area contributed by atoms with Gasteiger partial charge >= 0.3 is 0 Å². The fraction of sp³-hybridized carbons (Fsp3) is 0. The van der Waals surface area contributed by atoms with E-state index >= 15 is 0 Å². The monoisotopic (exact) mass is 310 g/mol. The van der Waals surface area contributed by atoms with E-state index in [2.05, 4.69) is 26.2 Å². The maximum absolute atomic E-state index is 11.9. The molecule has 0 radical (unpaired) electrons. The molecule has 17 heavy (non-hydrogen) atoms. The maximum Gasteiger partial charge on any atom is 0.256 e. The number of nitrogens with one attached hydrogen (secondary N) is 1. The third-order valence-electron chi connectivity index (χ3n) is 2.10. The van der Waals surface area contributed by atoms with E-state index < -0.39 is 0 Å². The highest BCUT2D eigenvalue weighted by molar-refractivity contribution is 9.10. The highest BCUT2D eigenvalue weighted by Gasteiger charge is 2.08. The summed E-state index contributed by atoms with van der Waals surface area (Å²) < 4.78 is 0.738. The van der Waals surface area contributed by atoms with Crippen LogP contribution in [0, 0.1) is 0 Å². The van der Waals surface area contributed by atoms with Crippen LogP contribution in [0.3, 0.4) is 0 Å². The molecule has 2 aromatic rings. The third-order valence-corrected chi connectivity index (χ3v) is 2.99. The summed E-state index contributed by atoms with van der Waals surface area (Å²) in [6.07, 6.45) is 1.61. The van der Waals surface area contributed by atoms with Gasteiger partial charge in [-0.05, 0) is 52.3 Å². The van der Waals surface area contributed by atoms with Gasteiger partial charge in [0.05, 0.1) is 4.47 Å². The van der Waals surface area contributed by atoms with Gasteiger partial charge < -0.3 is 5.32 Å². The van der Waals surface area contributed by atoms with Crippen molar-refractivity contribution in [1.82, 2.24) is 4.98 Å². The van der Waals surface area contributed by atoms with E-state index in [1.807, 2.05) is 6.07 Å². The number of rotatable bonds is 2. The van der Waals surface area contributed by atoms with E-state index in [1.54, 1.807) is 36.5 Å². The molecule has 1 N–H and O–H groups in total. The molecular formula is C12H8BrClN2O. The summed E-state index contributed by atoms with van der Waals surface area (Å²) in [6.45, 7) is 0. The number of aromatic nitrogens is 1. The Hall–Kier alpha value is -1.39. The number of hydrogen-bond acceptors (Lipinski definition) is 2. The van der Waals surface area contributed by atoms with Crippen LogP contribution in [0.2, 0.25) is 5.02 Å². The van der Waals surface area contributed by atoms with E-state index in [0.717, 1.165) is 4.47 Å². The highest BCUT2D eigenvalue weighted by atomic mass is 79.9. The molecule has 3 nitrogen and oxygen atoms in total. The van der Waals surface area contributed by atoms with Crippen LogP contribution in [0.25, 0.3) is 0 Å². The molecule has 0 aliphatic carbocycles. The van der Waals surface area contributed by atoms with Gasteiger partial charge in [0.2, 0.25) is 0 Å². The van der Waals surface area contributed by atoms with Gasteiger partial charge in [-0.2, -0.15) is 0 Å². The van der Waals surface area contributed by atoms with Crippen molar-refractivity contribution in [2.45, 2.75) is 0 Å². The Morgan fingerprint density at radius 2 is 1.94 bits per heavy atom. The molecule has 1 heterocycles. The minimum Gasteiger partial charge on any atom is -0.306 e. The summed E-state index contributed by atoms with van der Waals surface area (Å²) in [6, 6.07) is 10.3. The predicted octanol–water partition coefficient (Wildman–Crippen LogP) is 3.75. The normalized spacial score (nSPS) is 10.0. The zero-order chi connectivity index (χ0) is 12.3. The van der Waals surface area contributed by atoms with Gasteiger partial charge in [0, 0.05) is 16.8 Å². The van der Waals surface area contributed by atoms with Crippen molar-refractivity contribution in [2.75, 3.05) is 5.32 Å². The van der Waals surface area contributed by atoms with Crippen molar-refractivity contribution in [1.29, 1.82) is 0 Å². The topological polar surface area (TPSA) is 42.0 Å². The van der Waals surface area contributed by atoms with E-state index in [4.69, 9.17) is 11.6 Å². The first-order valence-electron chi connectivity index (χ1n) is 4.84. The molecule has 5 heteroatoms. The fourth-order valence-electron chi connectivity index (χ4n) is 1.26. The largest absolute Gasteiger partial charge is 0.306 e. The van der Waals surface area contributed by atoms with Gasteiger partial charge in [-0.3, -0.25) is 4.79 Å². The Morgan fingerprint density at radius 1 is 1.24 bits per heavy atom. The molecule has 0 bridgehead atoms. The summed E-state index contributed by atoms with van der Waals surface area (Å²) in [5.41, 5.74) is 0.534. The molecule has 2 rings (SSSR count). The van der Waals surface area contributed by atoms with E-state index in [9.17, 15) is 4.79 Å². The van der Waals surface area contributed by atoms with Crippen molar-refractivity contribution in [3.05, 3.63) is 57.7 Å². The second kappa shape index (κ2) is 5.29. The zero-order valence-electron chi connectivity index (χ0n) is 8.65. The quantitative estimate of drug-likeness (QED) is 0.918. The van der Waals surface area contributed by atoms with E-state index in [0.29, 0.717) is 16.4 Å². The molecule has 1 aromatic heterocycles. The van der Waals surface area contributed by atoms with Gasteiger partial charge in [0.15, 0.2) is 0 Å². The molecule has 0 aliphatic rings. The van der Waals surface area contributed by atoms with Gasteiger partial charge in [-0.25, -0.2) is 4.98 Å². The van der Waals surface area contributed by atoms with Crippen LogP contribution >= 0.6 is 27.5 Å². The molecule has 86 valence electrons. The van der Waals surface area contributed by atoms with Gasteiger partial charge in [0.25, 0.3) is 5.91 Å². The van der Waals surface area contributed by atoms with Crippen LogP contribution in [0.15, 0.2) is 47.1 Å². The number of halogens is 2. The van der Waals surface area contributed by atoms with Crippen LogP contribution < -0.4 is 5.32 Å². The molecule has 1 aromatic carbocycles. The maximum atomic E-state index is 11.9. The van der Waals surface area contributed by atoms with Crippen LogP contribution in [-0.4, -0.2) is 10.9 Å². The van der Waals surface area contributed by atoms with E-state index in [1.165, 1.54) is 0 Å². The average molecular weight is 312 g/mol. The minimum absolute atomic E-state index is 0.221. The van der Waals surface area contributed by atoms with Gasteiger partial charge in [0.1, 0.15) is 5.82 Å². The van der Waals surface area contributed by atoms with Crippen molar-refractivity contribution in [2.24, 2.45) is 0 Å². The molecule has 1 amide bonds. The number of pyridine rings is 1. The molecule has 0 unspecified atom stereocenters. The first-order valence-corrected chi connectivity index (χ1v) is 6.01. The van der Waals surface area contributed by atoms with E-state index in [-0.39, 0.29) is 5.91 Å². The molecular weight excluding hydrogens is 304 g/mol. The molecule has 0 saturated carbocycles. The Kier molecular flexibility index (Phi) is 3.76. The Bertz CT molecular complexity index is 542. The van der Waals surface area contributed by atoms with Crippen molar-refractivity contribution >= 4 is 39.3 Å². The zero-order valence-corrected chi connectivity index (χ0v) is 11.0. The lowest BCUT2D eigenvalue weighted by Gasteiger charge is -2.05. The van der Waals surface area contributed by atoms with Crippen LogP contribution in [0.1, 0.15) is 10.4 Å². The molecule has 0 spiro atoms. The summed E-state index contributed by atoms with van der Waals surface area (Å²) in [5.74, 6) is 0.272. The molecule has 0 fully saturated rings. The summed E-state index contributed by atoms with van der Waals surface area (Å²) in [4.78, 5) is 15.9. The molecule has 0 saturated heterocycles. The summed E-state index contributed by atoms with van der Waals surface area (Å²) in [7, 11) is 0.